The molecular weight excluding hydrogens is 220 g/mol. The van der Waals surface area contributed by atoms with Gasteiger partial charge in [-0.1, -0.05) is 13.0 Å². The van der Waals surface area contributed by atoms with Gasteiger partial charge in [-0.3, -0.25) is 4.79 Å². The number of nitrogens with zero attached hydrogens (tertiary/aromatic N) is 1. The van der Waals surface area contributed by atoms with E-state index in [0.717, 1.165) is 0 Å². The van der Waals surface area contributed by atoms with Crippen LogP contribution in [-0.2, 0) is 4.79 Å². The highest BCUT2D eigenvalue weighted by Crippen LogP contribution is 2.19. The lowest BCUT2D eigenvalue weighted by Crippen LogP contribution is -2.46. The van der Waals surface area contributed by atoms with Crippen LogP contribution in [0.4, 0.5) is 4.79 Å². The predicted molar refractivity (Wildman–Crippen MR) is 66.9 cm³/mol. The number of urea groups is 1. The number of nitrogens with one attached hydrogen (secondary N) is 1. The number of rotatable bonds is 7. The van der Waals surface area contributed by atoms with Gasteiger partial charge < -0.3 is 15.3 Å². The normalized spacial score (nSPS) is 13.6. The summed E-state index contributed by atoms with van der Waals surface area (Å²) >= 11 is 0. The molecule has 0 saturated carbocycles. The maximum atomic E-state index is 11.7. The fraction of sp³-hybridized carbons (Fsp3) is 0.667. The molecule has 2 amide bonds. The second-order valence-corrected chi connectivity index (χ2v) is 4.21. The molecule has 0 radical (unpaired) electrons. The van der Waals surface area contributed by atoms with Crippen molar-refractivity contribution >= 4 is 12.0 Å². The second-order valence-electron chi connectivity index (χ2n) is 4.21. The first-order valence-electron chi connectivity index (χ1n) is 5.78. The Labute approximate surface area is 102 Å². The molecule has 1 unspecified atom stereocenters. The second kappa shape index (κ2) is 6.93. The highest BCUT2D eigenvalue weighted by atomic mass is 16.4. The summed E-state index contributed by atoms with van der Waals surface area (Å²) in [5.41, 5.74) is -0.913. The largest absolute Gasteiger partial charge is 0.481 e. The molecule has 5 heteroatoms. The van der Waals surface area contributed by atoms with E-state index in [2.05, 4.69) is 11.9 Å². The van der Waals surface area contributed by atoms with Crippen LogP contribution in [0.1, 0.15) is 27.2 Å². The third-order valence-electron chi connectivity index (χ3n) is 2.94. The Balaban J connectivity index is 4.39. The van der Waals surface area contributed by atoms with Crippen molar-refractivity contribution in [3.63, 3.8) is 0 Å². The molecular formula is C12H22N2O3. The van der Waals surface area contributed by atoms with E-state index in [1.165, 1.54) is 0 Å². The summed E-state index contributed by atoms with van der Waals surface area (Å²) in [6.45, 7) is 10.00. The van der Waals surface area contributed by atoms with E-state index in [1.54, 1.807) is 24.8 Å². The van der Waals surface area contributed by atoms with E-state index in [9.17, 15) is 9.59 Å². The third-order valence-corrected chi connectivity index (χ3v) is 2.94. The van der Waals surface area contributed by atoms with E-state index >= 15 is 0 Å². The maximum absolute atomic E-state index is 11.7. The molecule has 17 heavy (non-hydrogen) atoms. The first-order valence-corrected chi connectivity index (χ1v) is 5.78. The molecule has 0 fully saturated rings. The summed E-state index contributed by atoms with van der Waals surface area (Å²) in [5, 5.41) is 11.7. The Kier molecular flexibility index (Phi) is 6.31. The Morgan fingerprint density at radius 1 is 1.47 bits per heavy atom. The Hall–Kier alpha value is -1.52. The standard InChI is InChI=1S/C12H22N2O3/c1-5-8-14(7-3)11(17)13-9-12(4,6-2)10(15)16/h5H,1,6-9H2,2-4H3,(H,13,17)(H,15,16). The van der Waals surface area contributed by atoms with Crippen LogP contribution in [0.2, 0.25) is 0 Å². The summed E-state index contributed by atoms with van der Waals surface area (Å²) < 4.78 is 0. The monoisotopic (exact) mass is 242 g/mol. The van der Waals surface area contributed by atoms with Crippen LogP contribution in [-0.4, -0.2) is 41.6 Å². The van der Waals surface area contributed by atoms with Crippen molar-refractivity contribution in [2.45, 2.75) is 27.2 Å². The van der Waals surface area contributed by atoms with Crippen LogP contribution in [0.25, 0.3) is 0 Å². The molecule has 0 bridgehead atoms. The highest BCUT2D eigenvalue weighted by Gasteiger charge is 2.31. The first-order chi connectivity index (χ1) is 7.91. The molecule has 5 nitrogen and oxygen atoms in total. The fourth-order valence-electron chi connectivity index (χ4n) is 1.25. The number of amides is 2. The molecule has 0 aromatic heterocycles. The lowest BCUT2D eigenvalue weighted by atomic mass is 9.88. The molecule has 0 saturated heterocycles. The Morgan fingerprint density at radius 2 is 2.06 bits per heavy atom. The van der Waals surface area contributed by atoms with Gasteiger partial charge >= 0.3 is 12.0 Å². The zero-order valence-corrected chi connectivity index (χ0v) is 10.8. The number of hydrogen-bond donors (Lipinski definition) is 2. The molecule has 98 valence electrons. The van der Waals surface area contributed by atoms with Gasteiger partial charge in [0.05, 0.1) is 5.41 Å². The lowest BCUT2D eigenvalue weighted by molar-refractivity contribution is -0.147. The van der Waals surface area contributed by atoms with Gasteiger partial charge in [-0.05, 0) is 20.3 Å². The number of likely N-dealkylation sites (N-methyl/N-ethyl adjacent to an activating group) is 1. The quantitative estimate of drug-likeness (QED) is 0.668. The molecule has 0 aromatic carbocycles. The number of carboxylic acids is 1. The predicted octanol–water partition coefficient (Wildman–Crippen LogP) is 1.70. The Bertz CT molecular complexity index is 291. The smallest absolute Gasteiger partial charge is 0.317 e. The van der Waals surface area contributed by atoms with Gasteiger partial charge in [0.25, 0.3) is 0 Å². The number of carbonyl (C=O) groups is 2. The molecule has 0 rings (SSSR count). The zero-order chi connectivity index (χ0) is 13.5. The number of hydrogen-bond acceptors (Lipinski definition) is 2. The molecule has 0 aliphatic carbocycles. The lowest BCUT2D eigenvalue weighted by Gasteiger charge is -2.26. The molecule has 0 spiro atoms. The van der Waals surface area contributed by atoms with Crippen LogP contribution >= 0.6 is 0 Å². The summed E-state index contributed by atoms with van der Waals surface area (Å²) in [6, 6.07) is -0.256. The number of aliphatic carboxylic acids is 1. The van der Waals surface area contributed by atoms with E-state index in [4.69, 9.17) is 5.11 Å². The fourth-order valence-corrected chi connectivity index (χ4v) is 1.25. The minimum atomic E-state index is -0.913. The number of carboxylic acid groups (broad SMARTS) is 1. The summed E-state index contributed by atoms with van der Waals surface area (Å²) in [4.78, 5) is 24.3. The maximum Gasteiger partial charge on any atom is 0.317 e. The Morgan fingerprint density at radius 3 is 2.41 bits per heavy atom. The van der Waals surface area contributed by atoms with E-state index in [0.29, 0.717) is 19.5 Å². The molecule has 0 aliphatic rings. The van der Waals surface area contributed by atoms with Gasteiger partial charge in [0, 0.05) is 19.6 Å². The van der Waals surface area contributed by atoms with Crippen molar-refractivity contribution in [1.82, 2.24) is 10.2 Å². The SMILES string of the molecule is C=CCN(CC)C(=O)NCC(C)(CC)C(=O)O. The van der Waals surface area contributed by atoms with Crippen molar-refractivity contribution in [2.75, 3.05) is 19.6 Å². The van der Waals surface area contributed by atoms with Gasteiger partial charge in [0.1, 0.15) is 0 Å². The van der Waals surface area contributed by atoms with Crippen molar-refractivity contribution < 1.29 is 14.7 Å². The minimum Gasteiger partial charge on any atom is -0.481 e. The number of carbonyl (C=O) groups excluding carboxylic acids is 1. The average Bonchev–Trinajstić information content (AvgIpc) is 2.32. The van der Waals surface area contributed by atoms with E-state index in [-0.39, 0.29) is 12.6 Å². The summed E-state index contributed by atoms with van der Waals surface area (Å²) in [6.07, 6.45) is 2.11. The van der Waals surface area contributed by atoms with E-state index < -0.39 is 11.4 Å². The minimum absolute atomic E-state index is 0.130. The van der Waals surface area contributed by atoms with Crippen LogP contribution in [0, 0.1) is 5.41 Å². The average molecular weight is 242 g/mol. The highest BCUT2D eigenvalue weighted by molar-refractivity contribution is 5.77. The van der Waals surface area contributed by atoms with Gasteiger partial charge in [0.15, 0.2) is 0 Å². The summed E-state index contributed by atoms with van der Waals surface area (Å²) in [7, 11) is 0. The van der Waals surface area contributed by atoms with Crippen LogP contribution < -0.4 is 5.32 Å². The van der Waals surface area contributed by atoms with Gasteiger partial charge in [0.2, 0.25) is 0 Å². The van der Waals surface area contributed by atoms with Crippen LogP contribution in [0.5, 0.6) is 0 Å². The summed E-state index contributed by atoms with van der Waals surface area (Å²) in [5.74, 6) is -0.896. The third kappa shape index (κ3) is 4.46. The van der Waals surface area contributed by atoms with E-state index in [1.807, 2.05) is 6.92 Å². The molecule has 0 aromatic rings. The van der Waals surface area contributed by atoms with Crippen molar-refractivity contribution in [2.24, 2.45) is 5.41 Å². The first kappa shape index (κ1) is 15.5. The molecule has 1 atom stereocenters. The van der Waals surface area contributed by atoms with Crippen molar-refractivity contribution in [3.05, 3.63) is 12.7 Å². The van der Waals surface area contributed by atoms with Gasteiger partial charge in [-0.2, -0.15) is 0 Å². The van der Waals surface area contributed by atoms with Gasteiger partial charge in [-0.15, -0.1) is 6.58 Å². The van der Waals surface area contributed by atoms with Gasteiger partial charge in [-0.25, -0.2) is 4.79 Å². The van der Waals surface area contributed by atoms with Crippen molar-refractivity contribution in [1.29, 1.82) is 0 Å². The molecule has 2 N–H and O–H groups in total. The molecule has 0 aliphatic heterocycles. The van der Waals surface area contributed by atoms with Crippen molar-refractivity contribution in [3.8, 4) is 0 Å². The zero-order valence-electron chi connectivity index (χ0n) is 10.8. The van der Waals surface area contributed by atoms with Crippen LogP contribution in [0.3, 0.4) is 0 Å². The van der Waals surface area contributed by atoms with Crippen LogP contribution in [0.15, 0.2) is 12.7 Å². The molecule has 0 heterocycles. The topological polar surface area (TPSA) is 69.6 Å².